The molecule has 0 spiro atoms. The molecule has 0 radical (unpaired) electrons. The zero-order chi connectivity index (χ0) is 24.1. The zero-order valence-electron chi connectivity index (χ0n) is 17.5. The highest BCUT2D eigenvalue weighted by molar-refractivity contribution is 8.18. The van der Waals surface area contributed by atoms with E-state index in [9.17, 15) is 14.4 Å². The Labute approximate surface area is 203 Å². The maximum atomic E-state index is 12.4. The summed E-state index contributed by atoms with van der Waals surface area (Å²) in [5.41, 5.74) is 2.98. The number of thioether (sulfide) groups is 1. The van der Waals surface area contributed by atoms with Gasteiger partial charge in [-0.05, 0) is 59.3 Å². The Morgan fingerprint density at radius 1 is 1.12 bits per heavy atom. The Morgan fingerprint density at radius 2 is 1.97 bits per heavy atom. The van der Waals surface area contributed by atoms with Gasteiger partial charge in [-0.25, -0.2) is 4.79 Å². The average Bonchev–Trinajstić information content (AvgIpc) is 3.16. The third kappa shape index (κ3) is 5.91. The van der Waals surface area contributed by atoms with Gasteiger partial charge in [0, 0.05) is 18.1 Å². The number of hydrogen-bond acceptors (Lipinski definition) is 6. The van der Waals surface area contributed by atoms with Crippen molar-refractivity contribution < 1.29 is 19.5 Å². The van der Waals surface area contributed by atoms with Crippen LogP contribution in [0.1, 0.15) is 11.1 Å². The lowest BCUT2D eigenvalue weighted by Gasteiger charge is -2.10. The lowest BCUT2D eigenvalue weighted by molar-refractivity contribution is -0.120. The second-order valence-electron chi connectivity index (χ2n) is 7.16. The maximum Gasteiger partial charge on any atom is 0.405 e. The van der Waals surface area contributed by atoms with E-state index in [-0.39, 0.29) is 19.0 Å². The van der Waals surface area contributed by atoms with Gasteiger partial charge in [0.15, 0.2) is 5.17 Å². The van der Waals surface area contributed by atoms with Crippen molar-refractivity contribution in [2.45, 2.75) is 6.54 Å². The summed E-state index contributed by atoms with van der Waals surface area (Å²) in [4.78, 5) is 43.4. The first-order valence-corrected chi connectivity index (χ1v) is 11.2. The van der Waals surface area contributed by atoms with E-state index < -0.39 is 12.0 Å². The van der Waals surface area contributed by atoms with E-state index in [2.05, 4.69) is 20.6 Å². The molecular formula is C23H18ClN5O4S. The molecule has 0 saturated carbocycles. The van der Waals surface area contributed by atoms with Gasteiger partial charge in [-0.3, -0.25) is 14.6 Å². The smallest absolute Gasteiger partial charge is 0.405 e. The number of halogens is 1. The normalized spacial score (nSPS) is 14.2. The van der Waals surface area contributed by atoms with Crippen LogP contribution in [0.2, 0.25) is 5.02 Å². The molecule has 0 fully saturated rings. The van der Waals surface area contributed by atoms with Crippen LogP contribution in [0.4, 0.5) is 10.5 Å². The number of aliphatic imine (C=N–C) groups is 1. The van der Waals surface area contributed by atoms with Crippen LogP contribution in [-0.2, 0) is 16.1 Å². The topological polar surface area (TPSA) is 133 Å². The molecule has 2 aromatic carbocycles. The van der Waals surface area contributed by atoms with Crippen LogP contribution in [0.5, 0.6) is 0 Å². The molecule has 3 amide bonds. The lowest BCUT2D eigenvalue weighted by atomic mass is 10.1. The quantitative estimate of drug-likeness (QED) is 0.382. The monoisotopic (exact) mass is 495 g/mol. The summed E-state index contributed by atoms with van der Waals surface area (Å²) in [5, 5.41) is 18.0. The van der Waals surface area contributed by atoms with Gasteiger partial charge in [-0.1, -0.05) is 29.8 Å². The minimum Gasteiger partial charge on any atom is -0.465 e. The molecule has 4 N–H and O–H groups in total. The second kappa shape index (κ2) is 10.4. The summed E-state index contributed by atoms with van der Waals surface area (Å²) < 4.78 is 0. The highest BCUT2D eigenvalue weighted by atomic mass is 35.5. The number of benzene rings is 2. The highest BCUT2D eigenvalue weighted by Gasteiger charge is 2.22. The molecule has 1 aliphatic rings. The SMILES string of the molecule is O=C(O)NCC(=O)NCc1ccc(Cl)c(NC2=NC(=O)C(=Cc3ccc4ncccc4c3)S2)c1. The molecule has 4 rings (SSSR count). The zero-order valence-corrected chi connectivity index (χ0v) is 19.1. The number of amidine groups is 1. The van der Waals surface area contributed by atoms with E-state index in [1.54, 1.807) is 30.5 Å². The summed E-state index contributed by atoms with van der Waals surface area (Å²) in [7, 11) is 0. The predicted molar refractivity (Wildman–Crippen MR) is 133 cm³/mol. The fraction of sp³-hybridized carbons (Fsp3) is 0.0870. The van der Waals surface area contributed by atoms with Crippen LogP contribution in [0.15, 0.2) is 64.6 Å². The van der Waals surface area contributed by atoms with E-state index in [0.29, 0.717) is 20.8 Å². The van der Waals surface area contributed by atoms with Gasteiger partial charge in [0.1, 0.15) is 0 Å². The van der Waals surface area contributed by atoms with Gasteiger partial charge in [0.2, 0.25) is 5.91 Å². The number of carboxylic acid groups (broad SMARTS) is 1. The van der Waals surface area contributed by atoms with Crippen molar-refractivity contribution in [3.8, 4) is 0 Å². The van der Waals surface area contributed by atoms with E-state index in [1.165, 1.54) is 11.8 Å². The first-order chi connectivity index (χ1) is 16.4. The summed E-state index contributed by atoms with van der Waals surface area (Å²) >= 11 is 7.48. The molecule has 1 aromatic heterocycles. The summed E-state index contributed by atoms with van der Waals surface area (Å²) in [6.07, 6.45) is 2.23. The lowest BCUT2D eigenvalue weighted by Crippen LogP contribution is -2.35. The molecule has 0 bridgehead atoms. The van der Waals surface area contributed by atoms with Gasteiger partial charge >= 0.3 is 6.09 Å². The molecule has 11 heteroatoms. The highest BCUT2D eigenvalue weighted by Crippen LogP contribution is 2.32. The molecule has 0 atom stereocenters. The molecule has 3 aromatic rings. The van der Waals surface area contributed by atoms with Crippen molar-refractivity contribution in [3.05, 3.63) is 75.8 Å². The number of rotatable bonds is 6. The molecule has 172 valence electrons. The van der Waals surface area contributed by atoms with Crippen molar-refractivity contribution in [1.29, 1.82) is 0 Å². The van der Waals surface area contributed by atoms with E-state index in [1.807, 2.05) is 35.6 Å². The number of aromatic nitrogens is 1. The number of anilines is 1. The Kier molecular flexibility index (Phi) is 7.09. The van der Waals surface area contributed by atoms with Crippen molar-refractivity contribution in [3.63, 3.8) is 0 Å². The number of nitrogens with zero attached hydrogens (tertiary/aromatic N) is 2. The molecule has 9 nitrogen and oxygen atoms in total. The van der Waals surface area contributed by atoms with Gasteiger partial charge in [-0.15, -0.1) is 0 Å². The number of hydrogen-bond donors (Lipinski definition) is 4. The minimum atomic E-state index is -1.27. The second-order valence-corrected chi connectivity index (χ2v) is 8.60. The van der Waals surface area contributed by atoms with Crippen molar-refractivity contribution in [2.24, 2.45) is 4.99 Å². The van der Waals surface area contributed by atoms with Crippen molar-refractivity contribution in [2.75, 3.05) is 11.9 Å². The number of fused-ring (bicyclic) bond motifs is 1. The molecule has 34 heavy (non-hydrogen) atoms. The fourth-order valence-electron chi connectivity index (χ4n) is 3.11. The molecule has 0 unspecified atom stereocenters. The van der Waals surface area contributed by atoms with Crippen LogP contribution >= 0.6 is 23.4 Å². The van der Waals surface area contributed by atoms with Crippen LogP contribution in [0.3, 0.4) is 0 Å². The number of pyridine rings is 1. The van der Waals surface area contributed by atoms with Gasteiger partial charge in [0.25, 0.3) is 5.91 Å². The molecular weight excluding hydrogens is 478 g/mol. The van der Waals surface area contributed by atoms with Crippen LogP contribution in [0, 0.1) is 0 Å². The Bertz CT molecular complexity index is 1360. The van der Waals surface area contributed by atoms with Crippen molar-refractivity contribution >= 4 is 69.1 Å². The van der Waals surface area contributed by atoms with E-state index in [0.717, 1.165) is 22.0 Å². The maximum absolute atomic E-state index is 12.4. The van der Waals surface area contributed by atoms with Crippen molar-refractivity contribution in [1.82, 2.24) is 15.6 Å². The molecule has 2 heterocycles. The first-order valence-electron chi connectivity index (χ1n) is 10.0. The predicted octanol–water partition coefficient (Wildman–Crippen LogP) is 3.85. The first kappa shape index (κ1) is 23.3. The van der Waals surface area contributed by atoms with E-state index in [4.69, 9.17) is 16.7 Å². The van der Waals surface area contributed by atoms with Gasteiger partial charge in [0.05, 0.1) is 27.7 Å². The number of carbonyl (C=O) groups is 3. The summed E-state index contributed by atoms with van der Waals surface area (Å²) in [6, 6.07) is 14.7. The number of nitrogens with one attached hydrogen (secondary N) is 3. The third-order valence-corrected chi connectivity index (χ3v) is 5.94. The molecule has 0 saturated heterocycles. The molecule has 1 aliphatic heterocycles. The number of amides is 3. The summed E-state index contributed by atoms with van der Waals surface area (Å²) in [6.45, 7) is -0.168. The largest absolute Gasteiger partial charge is 0.465 e. The van der Waals surface area contributed by atoms with Crippen LogP contribution < -0.4 is 16.0 Å². The van der Waals surface area contributed by atoms with Crippen LogP contribution in [-0.4, -0.2) is 39.7 Å². The summed E-state index contributed by atoms with van der Waals surface area (Å²) in [5.74, 6) is -0.823. The van der Waals surface area contributed by atoms with Gasteiger partial charge in [-0.2, -0.15) is 4.99 Å². The Morgan fingerprint density at radius 3 is 2.79 bits per heavy atom. The fourth-order valence-corrected chi connectivity index (χ4v) is 4.10. The van der Waals surface area contributed by atoms with Crippen LogP contribution in [0.25, 0.3) is 17.0 Å². The Hall–Kier alpha value is -3.89. The van der Waals surface area contributed by atoms with E-state index >= 15 is 0 Å². The Balaban J connectivity index is 1.41. The molecule has 0 aliphatic carbocycles. The standard InChI is InChI=1S/C23H18ClN5O4S/c24-16-5-3-14(11-26-20(30)12-27-23(32)33)9-18(16)28-22-29-21(31)19(34-22)10-13-4-6-17-15(8-13)2-1-7-25-17/h1-10,27H,11-12H2,(H,26,30)(H,32,33)(H,28,29,31). The average molecular weight is 496 g/mol. The number of carbonyl (C=O) groups excluding carboxylic acids is 2. The minimum absolute atomic E-state index is 0.173. The third-order valence-electron chi connectivity index (χ3n) is 4.71. The van der Waals surface area contributed by atoms with Gasteiger partial charge < -0.3 is 21.1 Å².